The maximum absolute atomic E-state index is 11.2. The first kappa shape index (κ1) is 12.9. The lowest BCUT2D eigenvalue weighted by molar-refractivity contribution is -0.147. The molecule has 0 aliphatic rings. The molecule has 4 nitrogen and oxygen atoms in total. The number of esters is 1. The van der Waals surface area contributed by atoms with Crippen LogP contribution < -0.4 is 0 Å². The molecule has 2 atom stereocenters. The van der Waals surface area contributed by atoms with Crippen LogP contribution >= 0.6 is 0 Å². The standard InChI is InChI=1S/C10H17NO3/c1-7(14-10(2,3)4)8(11-5)9(12)13-6/h7-8H,1-4,6H3. The first-order valence-electron chi connectivity index (χ1n) is 4.44. The highest BCUT2D eigenvalue weighted by molar-refractivity contribution is 5.78. The third-order valence-corrected chi connectivity index (χ3v) is 1.57. The zero-order chi connectivity index (χ0) is 11.4. The molecule has 0 bridgehead atoms. The lowest BCUT2D eigenvalue weighted by Gasteiger charge is -2.24. The van der Waals surface area contributed by atoms with E-state index in [-0.39, 0.29) is 5.60 Å². The molecule has 0 rings (SSSR count). The normalized spacial score (nSPS) is 15.4. The van der Waals surface area contributed by atoms with Gasteiger partial charge in [0.25, 0.3) is 0 Å². The predicted octanol–water partition coefficient (Wildman–Crippen LogP) is 1.65. The Kier molecular flexibility index (Phi) is 4.58. The van der Waals surface area contributed by atoms with Gasteiger partial charge in [-0.1, -0.05) is 0 Å². The average Bonchev–Trinajstić information content (AvgIpc) is 2.01. The minimum Gasteiger partial charge on any atom is -0.463 e. The lowest BCUT2D eigenvalue weighted by Crippen LogP contribution is -2.37. The zero-order valence-electron chi connectivity index (χ0n) is 9.33. The summed E-state index contributed by atoms with van der Waals surface area (Å²) in [5.74, 6) is -0.545. The lowest BCUT2D eigenvalue weighted by atomic mass is 10.1. The van der Waals surface area contributed by atoms with Crippen molar-refractivity contribution in [2.75, 3.05) is 7.11 Å². The molecule has 0 aromatic heterocycles. The van der Waals surface area contributed by atoms with Crippen LogP contribution in [0.15, 0.2) is 0 Å². The highest BCUT2D eigenvalue weighted by Gasteiger charge is 2.34. The fraction of sp³-hybridized carbons (Fsp3) is 0.800. The summed E-state index contributed by atoms with van der Waals surface area (Å²) >= 11 is 0. The third-order valence-electron chi connectivity index (χ3n) is 1.57. The number of ether oxygens (including phenoxy) is 2. The molecular weight excluding hydrogens is 182 g/mol. The number of nitrogens with zero attached hydrogens (tertiary/aromatic N) is 1. The topological polar surface area (TPSA) is 39.9 Å². The van der Waals surface area contributed by atoms with Crippen molar-refractivity contribution in [1.29, 1.82) is 0 Å². The van der Waals surface area contributed by atoms with Gasteiger partial charge in [-0.2, -0.15) is 0 Å². The van der Waals surface area contributed by atoms with Crippen LogP contribution in [0.3, 0.4) is 0 Å². The van der Waals surface area contributed by atoms with Crippen LogP contribution in [0, 0.1) is 6.57 Å². The van der Waals surface area contributed by atoms with Gasteiger partial charge in [0, 0.05) is 0 Å². The minimum absolute atomic E-state index is 0.365. The fourth-order valence-electron chi connectivity index (χ4n) is 1.09. The van der Waals surface area contributed by atoms with Gasteiger partial charge < -0.3 is 9.47 Å². The summed E-state index contributed by atoms with van der Waals surface area (Å²) in [5.41, 5.74) is -0.365. The first-order chi connectivity index (χ1) is 6.31. The number of rotatable bonds is 3. The molecule has 0 aromatic carbocycles. The summed E-state index contributed by atoms with van der Waals surface area (Å²) in [6, 6.07) is -0.876. The fourth-order valence-corrected chi connectivity index (χ4v) is 1.09. The SMILES string of the molecule is [C-]#[N+]C(C(=O)OC)C(C)OC(C)(C)C. The van der Waals surface area contributed by atoms with E-state index in [4.69, 9.17) is 11.3 Å². The Morgan fingerprint density at radius 1 is 1.43 bits per heavy atom. The largest absolute Gasteiger partial charge is 0.463 e. The molecule has 14 heavy (non-hydrogen) atoms. The summed E-state index contributed by atoms with van der Waals surface area (Å²) in [5, 5.41) is 0. The van der Waals surface area contributed by atoms with E-state index in [9.17, 15) is 4.79 Å². The number of methoxy groups -OCH3 is 1. The average molecular weight is 199 g/mol. The zero-order valence-corrected chi connectivity index (χ0v) is 9.33. The molecule has 0 aliphatic heterocycles. The van der Waals surface area contributed by atoms with Crippen LogP contribution in [0.25, 0.3) is 4.85 Å². The minimum atomic E-state index is -0.876. The van der Waals surface area contributed by atoms with Gasteiger partial charge in [0.15, 0.2) is 0 Å². The van der Waals surface area contributed by atoms with Crippen LogP contribution in [0.5, 0.6) is 0 Å². The molecule has 0 aromatic rings. The van der Waals surface area contributed by atoms with E-state index < -0.39 is 18.1 Å². The summed E-state index contributed by atoms with van der Waals surface area (Å²) in [7, 11) is 1.27. The first-order valence-corrected chi connectivity index (χ1v) is 4.44. The van der Waals surface area contributed by atoms with Gasteiger partial charge in [-0.25, -0.2) is 11.4 Å². The van der Waals surface area contributed by atoms with Crippen LogP contribution in [0.4, 0.5) is 0 Å². The van der Waals surface area contributed by atoms with Crippen molar-refractivity contribution < 1.29 is 14.3 Å². The Balaban J connectivity index is 4.42. The maximum atomic E-state index is 11.2. The number of carbonyl (C=O) groups is 1. The van der Waals surface area contributed by atoms with Gasteiger partial charge >= 0.3 is 12.0 Å². The van der Waals surface area contributed by atoms with Crippen molar-refractivity contribution in [2.45, 2.75) is 45.4 Å². The van der Waals surface area contributed by atoms with Gasteiger partial charge in [-0.3, -0.25) is 4.85 Å². The van der Waals surface area contributed by atoms with Crippen molar-refractivity contribution in [2.24, 2.45) is 0 Å². The molecule has 0 N–H and O–H groups in total. The molecule has 0 heterocycles. The second-order valence-electron chi connectivity index (χ2n) is 4.03. The second kappa shape index (κ2) is 4.97. The molecule has 80 valence electrons. The molecular formula is C10H17NO3. The van der Waals surface area contributed by atoms with Crippen molar-refractivity contribution in [3.63, 3.8) is 0 Å². The summed E-state index contributed by atoms with van der Waals surface area (Å²) in [4.78, 5) is 14.3. The Bertz CT molecular complexity index is 237. The van der Waals surface area contributed by atoms with Crippen molar-refractivity contribution in [1.82, 2.24) is 0 Å². The van der Waals surface area contributed by atoms with Crippen molar-refractivity contribution in [3.8, 4) is 0 Å². The molecule has 0 fully saturated rings. The van der Waals surface area contributed by atoms with E-state index in [0.29, 0.717) is 0 Å². The van der Waals surface area contributed by atoms with Gasteiger partial charge in [0.05, 0.1) is 12.7 Å². The van der Waals surface area contributed by atoms with Gasteiger partial charge in [-0.15, -0.1) is 0 Å². The van der Waals surface area contributed by atoms with E-state index >= 15 is 0 Å². The molecule has 0 spiro atoms. The van der Waals surface area contributed by atoms with E-state index in [1.165, 1.54) is 7.11 Å². The Hall–Kier alpha value is -1.08. The van der Waals surface area contributed by atoms with Gasteiger partial charge in [0.1, 0.15) is 6.10 Å². The molecule has 2 unspecified atom stereocenters. The monoisotopic (exact) mass is 199 g/mol. The van der Waals surface area contributed by atoms with E-state index in [0.717, 1.165) is 0 Å². The van der Waals surface area contributed by atoms with Crippen molar-refractivity contribution >= 4 is 5.97 Å². The molecule has 0 aliphatic carbocycles. The smallest absolute Gasteiger partial charge is 0.392 e. The molecule has 0 radical (unpaired) electrons. The Morgan fingerprint density at radius 3 is 2.21 bits per heavy atom. The van der Waals surface area contributed by atoms with Crippen LogP contribution in [-0.2, 0) is 14.3 Å². The molecule has 4 heteroatoms. The van der Waals surface area contributed by atoms with Gasteiger partial charge in [-0.05, 0) is 27.7 Å². The Labute approximate surface area is 85.0 Å². The summed E-state index contributed by atoms with van der Waals surface area (Å²) in [6.07, 6.45) is -0.458. The van der Waals surface area contributed by atoms with Crippen molar-refractivity contribution in [3.05, 3.63) is 11.4 Å². The Morgan fingerprint density at radius 2 is 1.93 bits per heavy atom. The summed E-state index contributed by atoms with van der Waals surface area (Å²) in [6.45, 7) is 14.2. The summed E-state index contributed by atoms with van der Waals surface area (Å²) < 4.78 is 10.0. The van der Waals surface area contributed by atoms with E-state index in [2.05, 4.69) is 9.58 Å². The van der Waals surface area contributed by atoms with Crippen LogP contribution in [0.2, 0.25) is 0 Å². The molecule has 0 saturated carbocycles. The number of carbonyl (C=O) groups excluding carboxylic acids is 1. The van der Waals surface area contributed by atoms with Crippen LogP contribution in [0.1, 0.15) is 27.7 Å². The quantitative estimate of drug-likeness (QED) is 0.512. The molecule has 0 amide bonds. The molecule has 0 saturated heterocycles. The van der Waals surface area contributed by atoms with Gasteiger partial charge in [0.2, 0.25) is 0 Å². The van der Waals surface area contributed by atoms with Crippen LogP contribution in [-0.4, -0.2) is 30.8 Å². The predicted molar refractivity (Wildman–Crippen MR) is 52.7 cm³/mol. The highest BCUT2D eigenvalue weighted by Crippen LogP contribution is 2.15. The third kappa shape index (κ3) is 4.24. The van der Waals surface area contributed by atoms with E-state index in [1.807, 2.05) is 20.8 Å². The number of hydrogen-bond acceptors (Lipinski definition) is 3. The highest BCUT2D eigenvalue weighted by atomic mass is 16.5. The van der Waals surface area contributed by atoms with E-state index in [1.54, 1.807) is 6.92 Å². The second-order valence-corrected chi connectivity index (χ2v) is 4.03. The number of hydrogen-bond donors (Lipinski definition) is 0. The maximum Gasteiger partial charge on any atom is 0.392 e.